The summed E-state index contributed by atoms with van der Waals surface area (Å²) < 4.78 is 1.10. The number of nitrogens with two attached hydrogens (primary N) is 1. The van der Waals surface area contributed by atoms with Gasteiger partial charge in [0.25, 0.3) is 0 Å². The molecule has 1 aromatic carbocycles. The molecule has 0 aliphatic carbocycles. The summed E-state index contributed by atoms with van der Waals surface area (Å²) in [6, 6.07) is 6.38. The third-order valence-corrected chi connectivity index (χ3v) is 2.68. The second-order valence-electron chi connectivity index (χ2n) is 3.05. The van der Waals surface area contributed by atoms with Gasteiger partial charge in [0, 0.05) is 22.7 Å². The third-order valence-electron chi connectivity index (χ3n) is 2.18. The van der Waals surface area contributed by atoms with Crippen molar-refractivity contribution in [2.24, 2.45) is 5.73 Å². The van der Waals surface area contributed by atoms with Gasteiger partial charge in [-0.05, 0) is 30.2 Å². The van der Waals surface area contributed by atoms with Crippen molar-refractivity contribution in [2.75, 3.05) is 11.9 Å². The Morgan fingerprint density at radius 3 is 3.17 bits per heavy atom. The predicted octanol–water partition coefficient (Wildman–Crippen LogP) is 2.26. The summed E-state index contributed by atoms with van der Waals surface area (Å²) in [4.78, 5) is 0. The van der Waals surface area contributed by atoms with Crippen LogP contribution in [0.3, 0.4) is 0 Å². The lowest BCUT2D eigenvalue weighted by atomic mass is 9.99. The van der Waals surface area contributed by atoms with Crippen LogP contribution in [-0.2, 0) is 0 Å². The van der Waals surface area contributed by atoms with Crippen LogP contribution < -0.4 is 11.1 Å². The normalized spacial score (nSPS) is 21.3. The molecule has 0 bridgehead atoms. The van der Waals surface area contributed by atoms with Crippen LogP contribution in [0.2, 0.25) is 0 Å². The molecule has 0 amide bonds. The van der Waals surface area contributed by atoms with Crippen LogP contribution in [0.4, 0.5) is 5.69 Å². The molecule has 1 aliphatic rings. The van der Waals surface area contributed by atoms with Gasteiger partial charge in [-0.25, -0.2) is 0 Å². The molecule has 1 heterocycles. The number of anilines is 1. The summed E-state index contributed by atoms with van der Waals surface area (Å²) in [5, 5.41) is 3.32. The molecule has 0 unspecified atom stereocenters. The topological polar surface area (TPSA) is 38.0 Å². The van der Waals surface area contributed by atoms with E-state index >= 15 is 0 Å². The maximum atomic E-state index is 5.95. The van der Waals surface area contributed by atoms with Gasteiger partial charge in [-0.15, -0.1) is 0 Å². The molecule has 0 saturated carbocycles. The summed E-state index contributed by atoms with van der Waals surface area (Å²) in [5.41, 5.74) is 8.35. The number of nitrogens with one attached hydrogen (secondary N) is 1. The summed E-state index contributed by atoms with van der Waals surface area (Å²) >= 11 is 3.43. The van der Waals surface area contributed by atoms with Gasteiger partial charge in [-0.2, -0.15) is 0 Å². The number of hydrogen-bond acceptors (Lipinski definition) is 2. The van der Waals surface area contributed by atoms with Crippen molar-refractivity contribution >= 4 is 21.6 Å². The summed E-state index contributed by atoms with van der Waals surface area (Å²) in [6.45, 7) is 0.982. The van der Waals surface area contributed by atoms with Crippen LogP contribution in [-0.4, -0.2) is 6.54 Å². The molecule has 3 heteroatoms. The van der Waals surface area contributed by atoms with E-state index < -0.39 is 0 Å². The summed E-state index contributed by atoms with van der Waals surface area (Å²) in [5.74, 6) is 0. The maximum Gasteiger partial charge on any atom is 0.0389 e. The molecule has 3 N–H and O–H groups in total. The summed E-state index contributed by atoms with van der Waals surface area (Å²) in [6.07, 6.45) is 1.02. The van der Waals surface area contributed by atoms with Crippen molar-refractivity contribution in [3.63, 3.8) is 0 Å². The highest BCUT2D eigenvalue weighted by atomic mass is 79.9. The monoisotopic (exact) mass is 226 g/mol. The Morgan fingerprint density at radius 2 is 2.33 bits per heavy atom. The van der Waals surface area contributed by atoms with Crippen LogP contribution >= 0.6 is 15.9 Å². The molecule has 0 fully saturated rings. The first-order valence-electron chi connectivity index (χ1n) is 4.06. The average Bonchev–Trinajstić information content (AvgIpc) is 2.07. The molecule has 1 aromatic rings. The minimum absolute atomic E-state index is 0.193. The van der Waals surface area contributed by atoms with Crippen molar-refractivity contribution in [1.82, 2.24) is 0 Å². The predicted molar refractivity (Wildman–Crippen MR) is 54.2 cm³/mol. The van der Waals surface area contributed by atoms with Gasteiger partial charge in [0.05, 0.1) is 0 Å². The van der Waals surface area contributed by atoms with Gasteiger partial charge in [0.2, 0.25) is 0 Å². The molecule has 1 aliphatic heterocycles. The SMILES string of the molecule is N[C@H]1CCNc2ccc(Br)cc21. The number of fused-ring (bicyclic) bond motifs is 1. The van der Waals surface area contributed by atoms with Gasteiger partial charge >= 0.3 is 0 Å². The van der Waals surface area contributed by atoms with Crippen LogP contribution in [0.15, 0.2) is 22.7 Å². The molecule has 0 aromatic heterocycles. The van der Waals surface area contributed by atoms with E-state index in [-0.39, 0.29) is 6.04 Å². The second-order valence-corrected chi connectivity index (χ2v) is 3.97. The minimum atomic E-state index is 0.193. The maximum absolute atomic E-state index is 5.95. The van der Waals surface area contributed by atoms with Gasteiger partial charge < -0.3 is 11.1 Å². The van der Waals surface area contributed by atoms with E-state index in [1.165, 1.54) is 11.3 Å². The van der Waals surface area contributed by atoms with Gasteiger partial charge in [0.1, 0.15) is 0 Å². The lowest BCUT2D eigenvalue weighted by Gasteiger charge is -2.23. The first kappa shape index (κ1) is 8.08. The van der Waals surface area contributed by atoms with Crippen molar-refractivity contribution in [3.05, 3.63) is 28.2 Å². The average molecular weight is 227 g/mol. The van der Waals surface area contributed by atoms with Crippen LogP contribution in [0.25, 0.3) is 0 Å². The highest BCUT2D eigenvalue weighted by molar-refractivity contribution is 9.10. The van der Waals surface area contributed by atoms with E-state index in [2.05, 4.69) is 33.4 Å². The number of benzene rings is 1. The van der Waals surface area contributed by atoms with E-state index in [0.29, 0.717) is 0 Å². The fourth-order valence-electron chi connectivity index (χ4n) is 1.52. The lowest BCUT2D eigenvalue weighted by Crippen LogP contribution is -2.22. The molecule has 0 saturated heterocycles. The van der Waals surface area contributed by atoms with Crippen LogP contribution in [0, 0.1) is 0 Å². The lowest BCUT2D eigenvalue weighted by molar-refractivity contribution is 0.654. The Bertz CT molecular complexity index is 299. The summed E-state index contributed by atoms with van der Waals surface area (Å²) in [7, 11) is 0. The smallest absolute Gasteiger partial charge is 0.0389 e. The molecule has 1 atom stereocenters. The zero-order valence-electron chi connectivity index (χ0n) is 6.68. The first-order valence-corrected chi connectivity index (χ1v) is 4.85. The molecular weight excluding hydrogens is 216 g/mol. The van der Waals surface area contributed by atoms with Crippen molar-refractivity contribution in [1.29, 1.82) is 0 Å². The Balaban J connectivity index is 2.47. The van der Waals surface area contributed by atoms with E-state index in [1.54, 1.807) is 0 Å². The minimum Gasteiger partial charge on any atom is -0.385 e. The number of hydrogen-bond donors (Lipinski definition) is 2. The fourth-order valence-corrected chi connectivity index (χ4v) is 1.90. The molecule has 2 nitrogen and oxygen atoms in total. The third kappa shape index (κ3) is 1.34. The molecule has 0 radical (unpaired) electrons. The van der Waals surface area contributed by atoms with Gasteiger partial charge in [-0.1, -0.05) is 15.9 Å². The number of halogens is 1. The number of rotatable bonds is 0. The molecule has 64 valence electrons. The molecule has 2 rings (SSSR count). The largest absolute Gasteiger partial charge is 0.385 e. The Morgan fingerprint density at radius 1 is 1.50 bits per heavy atom. The highest BCUT2D eigenvalue weighted by Gasteiger charge is 2.15. The Kier molecular flexibility index (Phi) is 2.07. The Hall–Kier alpha value is -0.540. The molecule has 12 heavy (non-hydrogen) atoms. The van der Waals surface area contributed by atoms with E-state index in [9.17, 15) is 0 Å². The zero-order chi connectivity index (χ0) is 8.55. The quantitative estimate of drug-likeness (QED) is 0.713. The van der Waals surface area contributed by atoms with Gasteiger partial charge in [0.15, 0.2) is 0 Å². The standard InChI is InChI=1S/C9H11BrN2/c10-6-1-2-9-7(5-6)8(11)3-4-12-9/h1-2,5,8,12H,3-4,11H2/t8-/m0/s1. The van der Waals surface area contributed by atoms with Crippen molar-refractivity contribution < 1.29 is 0 Å². The fraction of sp³-hybridized carbons (Fsp3) is 0.333. The zero-order valence-corrected chi connectivity index (χ0v) is 8.26. The Labute approximate surface area is 80.3 Å². The van der Waals surface area contributed by atoms with E-state index in [0.717, 1.165) is 17.4 Å². The highest BCUT2D eigenvalue weighted by Crippen LogP contribution is 2.30. The van der Waals surface area contributed by atoms with E-state index in [4.69, 9.17) is 5.73 Å². The second kappa shape index (κ2) is 3.07. The van der Waals surface area contributed by atoms with Crippen LogP contribution in [0.1, 0.15) is 18.0 Å². The van der Waals surface area contributed by atoms with Crippen molar-refractivity contribution in [3.8, 4) is 0 Å². The van der Waals surface area contributed by atoms with Crippen molar-refractivity contribution in [2.45, 2.75) is 12.5 Å². The molecular formula is C9H11BrN2. The first-order chi connectivity index (χ1) is 5.77. The van der Waals surface area contributed by atoms with E-state index in [1.807, 2.05) is 6.07 Å². The van der Waals surface area contributed by atoms with Gasteiger partial charge in [-0.3, -0.25) is 0 Å². The molecule has 0 spiro atoms. The van der Waals surface area contributed by atoms with Crippen LogP contribution in [0.5, 0.6) is 0 Å².